The summed E-state index contributed by atoms with van der Waals surface area (Å²) in [7, 11) is -3.73. The number of alkyl carbamates (subject to hydrolysis) is 1. The first-order valence-electron chi connectivity index (χ1n) is 18.2. The zero-order valence-electron chi connectivity index (χ0n) is 30.9. The maximum absolute atomic E-state index is 13.8. The van der Waals surface area contributed by atoms with Gasteiger partial charge in [0.1, 0.15) is 11.6 Å². The molecule has 0 saturated carbocycles. The van der Waals surface area contributed by atoms with Crippen LogP contribution in [0.1, 0.15) is 86.0 Å². The van der Waals surface area contributed by atoms with E-state index in [1.807, 2.05) is 31.0 Å². The van der Waals surface area contributed by atoms with Gasteiger partial charge < -0.3 is 15.0 Å². The van der Waals surface area contributed by atoms with Crippen LogP contribution in [0.3, 0.4) is 0 Å². The lowest BCUT2D eigenvalue weighted by Crippen LogP contribution is -2.61. The van der Waals surface area contributed by atoms with Gasteiger partial charge in [0.05, 0.1) is 4.90 Å². The third kappa shape index (κ3) is 10.9. The van der Waals surface area contributed by atoms with Crippen molar-refractivity contribution in [3.63, 3.8) is 0 Å². The maximum atomic E-state index is 13.8. The molecule has 0 bridgehead atoms. The van der Waals surface area contributed by atoms with Crippen LogP contribution in [0.5, 0.6) is 0 Å². The number of amides is 4. The van der Waals surface area contributed by atoms with E-state index < -0.39 is 33.7 Å². The molecule has 3 saturated heterocycles. The second kappa shape index (κ2) is 17.6. The maximum Gasteiger partial charge on any atom is 0.407 e. The molecule has 3 heterocycles. The van der Waals surface area contributed by atoms with Crippen molar-refractivity contribution in [1.29, 1.82) is 0 Å². The number of ether oxygens (including phenoxy) is 1. The number of nitrogens with zero attached hydrogens (tertiary/aromatic N) is 4. The number of sulfonamides is 1. The first-order valence-corrected chi connectivity index (χ1v) is 19.7. The topological polar surface area (TPSA) is 149 Å². The van der Waals surface area contributed by atoms with Gasteiger partial charge in [-0.3, -0.25) is 24.7 Å². The van der Waals surface area contributed by atoms with Gasteiger partial charge in [0.25, 0.3) is 11.8 Å². The average molecular weight is 729 g/mol. The number of carbonyl (C=O) groups is 4. The number of hydrogen-bond acceptors (Lipinski definition) is 9. The molecule has 1 aromatic carbocycles. The lowest BCUT2D eigenvalue weighted by atomic mass is 9.95. The highest BCUT2D eigenvalue weighted by atomic mass is 32.2. The van der Waals surface area contributed by atoms with Crippen LogP contribution < -0.4 is 15.5 Å². The van der Waals surface area contributed by atoms with Crippen molar-refractivity contribution < 1.29 is 32.3 Å². The lowest BCUT2D eigenvalue weighted by Gasteiger charge is -2.43. The Morgan fingerprint density at radius 1 is 1.06 bits per heavy atom. The Hall–Kier alpha value is -3.75. The van der Waals surface area contributed by atoms with Gasteiger partial charge in [0.2, 0.25) is 15.9 Å². The summed E-state index contributed by atoms with van der Waals surface area (Å²) in [4.78, 5) is 53.4. The fourth-order valence-electron chi connectivity index (χ4n) is 6.78. The van der Waals surface area contributed by atoms with E-state index in [1.54, 1.807) is 45.0 Å². The van der Waals surface area contributed by atoms with Gasteiger partial charge in [-0.25, -0.2) is 18.2 Å². The number of rotatable bonds is 13. The molecule has 1 atom stereocenters. The molecule has 4 amide bonds. The summed E-state index contributed by atoms with van der Waals surface area (Å²) in [6, 6.07) is 6.12. The minimum Gasteiger partial charge on any atom is -0.444 e. The molecule has 2 N–H and O–H groups in total. The molecule has 282 valence electrons. The second-order valence-electron chi connectivity index (χ2n) is 14.6. The van der Waals surface area contributed by atoms with E-state index >= 15 is 0 Å². The van der Waals surface area contributed by atoms with E-state index in [4.69, 9.17) is 4.74 Å². The lowest BCUT2D eigenvalue weighted by molar-refractivity contribution is -0.163. The molecule has 13 nitrogen and oxygen atoms in total. The fraction of sp³-hybridized carbons (Fsp3) is 0.622. The van der Waals surface area contributed by atoms with Crippen molar-refractivity contribution in [1.82, 2.24) is 25.0 Å². The van der Waals surface area contributed by atoms with E-state index in [0.29, 0.717) is 52.1 Å². The predicted octanol–water partition coefficient (Wildman–Crippen LogP) is 4.36. The van der Waals surface area contributed by atoms with Crippen LogP contribution in [-0.2, 0) is 29.1 Å². The molecule has 0 aliphatic carbocycles. The Kier molecular flexibility index (Phi) is 13.9. The molecule has 0 spiro atoms. The number of nitrogens with one attached hydrogen (secondary N) is 2. The summed E-state index contributed by atoms with van der Waals surface area (Å²) in [6.07, 6.45) is 7.57. The summed E-state index contributed by atoms with van der Waals surface area (Å²) in [5.74, 6) is -0.934. The third-order valence-electron chi connectivity index (χ3n) is 9.41. The summed E-state index contributed by atoms with van der Waals surface area (Å²) < 4.78 is 34.2. The molecule has 1 aromatic rings. The normalized spacial score (nSPS) is 20.0. The third-order valence-corrected chi connectivity index (χ3v) is 11.3. The van der Waals surface area contributed by atoms with E-state index in [-0.39, 0.29) is 47.1 Å². The van der Waals surface area contributed by atoms with Crippen molar-refractivity contribution in [2.45, 2.75) is 109 Å². The van der Waals surface area contributed by atoms with Crippen LogP contribution in [0.15, 0.2) is 53.5 Å². The van der Waals surface area contributed by atoms with Gasteiger partial charge in [-0.2, -0.15) is 4.31 Å². The highest BCUT2D eigenvalue weighted by Gasteiger charge is 2.39. The number of allylic oxidation sites excluding steroid dienone is 1. The van der Waals surface area contributed by atoms with Crippen molar-refractivity contribution >= 4 is 39.5 Å². The van der Waals surface area contributed by atoms with Crippen molar-refractivity contribution in [2.24, 2.45) is 5.92 Å². The van der Waals surface area contributed by atoms with E-state index in [2.05, 4.69) is 22.1 Å². The van der Waals surface area contributed by atoms with Gasteiger partial charge in [-0.1, -0.05) is 38.6 Å². The Labute approximate surface area is 303 Å². The number of benzene rings is 1. The Balaban J connectivity index is 1.39. The SMILES string of the molecule is C=C(/C=C\CC)C(=O)N(C1CCC(=O)NC1=O)N(CCC)CC1CCN(c2cccc(S(=O)(=O)N3CCC(NC(=O)OC(C)(C)C)CC3)c2)CC1. The highest BCUT2D eigenvalue weighted by molar-refractivity contribution is 7.89. The van der Waals surface area contributed by atoms with Gasteiger partial charge in [0.15, 0.2) is 0 Å². The van der Waals surface area contributed by atoms with Gasteiger partial charge >= 0.3 is 6.09 Å². The molecular formula is C37H56N6O7S. The average Bonchev–Trinajstić information content (AvgIpc) is 3.08. The number of carbonyl (C=O) groups excluding carboxylic acids is 4. The predicted molar refractivity (Wildman–Crippen MR) is 196 cm³/mol. The fourth-order valence-corrected chi connectivity index (χ4v) is 8.29. The van der Waals surface area contributed by atoms with Crippen LogP contribution in [0.4, 0.5) is 10.5 Å². The number of imide groups is 1. The molecule has 1 unspecified atom stereocenters. The zero-order valence-corrected chi connectivity index (χ0v) is 31.7. The van der Waals surface area contributed by atoms with Gasteiger partial charge in [-0.15, -0.1) is 0 Å². The van der Waals surface area contributed by atoms with Crippen molar-refractivity contribution in [3.05, 3.63) is 48.6 Å². The van der Waals surface area contributed by atoms with E-state index in [1.165, 1.54) is 9.31 Å². The highest BCUT2D eigenvalue weighted by Crippen LogP contribution is 2.29. The Bertz CT molecular complexity index is 1560. The quantitative estimate of drug-likeness (QED) is 0.131. The number of hydrazine groups is 1. The summed E-state index contributed by atoms with van der Waals surface area (Å²) in [5.41, 5.74) is 0.514. The first kappa shape index (κ1) is 40.0. The molecule has 3 aliphatic rings. The molecular weight excluding hydrogens is 673 g/mol. The van der Waals surface area contributed by atoms with Crippen LogP contribution in [0.2, 0.25) is 0 Å². The molecule has 51 heavy (non-hydrogen) atoms. The number of anilines is 1. The summed E-state index contributed by atoms with van der Waals surface area (Å²) in [5, 5.41) is 8.76. The van der Waals surface area contributed by atoms with Gasteiger partial charge in [-0.05, 0) is 89.8 Å². The molecule has 3 fully saturated rings. The zero-order chi connectivity index (χ0) is 37.3. The van der Waals surface area contributed by atoms with Crippen LogP contribution in [0.25, 0.3) is 0 Å². The largest absolute Gasteiger partial charge is 0.444 e. The monoisotopic (exact) mass is 728 g/mol. The minimum atomic E-state index is -3.73. The second-order valence-corrected chi connectivity index (χ2v) is 16.6. The molecule has 0 radical (unpaired) electrons. The molecule has 14 heteroatoms. The van der Waals surface area contributed by atoms with Crippen LogP contribution in [0, 0.1) is 5.92 Å². The molecule has 3 aliphatic heterocycles. The first-order chi connectivity index (χ1) is 24.1. The van der Waals surface area contributed by atoms with Crippen molar-refractivity contribution in [3.8, 4) is 0 Å². The minimum absolute atomic E-state index is 0.155. The van der Waals surface area contributed by atoms with Gasteiger partial charge in [0, 0.05) is 63.0 Å². The number of hydrogen-bond donors (Lipinski definition) is 2. The van der Waals surface area contributed by atoms with E-state index in [9.17, 15) is 27.6 Å². The number of piperidine rings is 3. The van der Waals surface area contributed by atoms with E-state index in [0.717, 1.165) is 31.4 Å². The Morgan fingerprint density at radius 3 is 2.35 bits per heavy atom. The summed E-state index contributed by atoms with van der Waals surface area (Å²) >= 11 is 0. The molecule has 4 rings (SSSR count). The standard InChI is InChI=1S/C37H56N6O7S/c1-7-9-11-27(3)35(46)43(32-14-15-33(44)39-34(32)45)41(20-8-2)26-28-16-21-40(22-17-28)30-12-10-13-31(25-30)51(48,49)42-23-18-29(19-24-42)38-36(47)50-37(4,5)6/h9-13,25,28-29,32H,3,7-8,14-24,26H2,1-2,4-6H3,(H,38,47)(H,39,44,45)/b11-9-. The molecule has 0 aromatic heterocycles. The smallest absolute Gasteiger partial charge is 0.407 e. The van der Waals surface area contributed by atoms with Crippen LogP contribution >= 0.6 is 0 Å². The summed E-state index contributed by atoms with van der Waals surface area (Å²) in [6.45, 7) is 16.5. The Morgan fingerprint density at radius 2 is 1.75 bits per heavy atom. The van der Waals surface area contributed by atoms with Crippen molar-refractivity contribution in [2.75, 3.05) is 44.2 Å². The van der Waals surface area contributed by atoms with Crippen LogP contribution in [-0.4, -0.2) is 104 Å².